The zero-order chi connectivity index (χ0) is 9.28. The van der Waals surface area contributed by atoms with Gasteiger partial charge in [0.05, 0.1) is 6.61 Å². The molecule has 0 amide bonds. The Morgan fingerprint density at radius 1 is 1.73 bits per heavy atom. The third-order valence-electron chi connectivity index (χ3n) is 0.624. The molecule has 0 unspecified atom stereocenters. The first-order chi connectivity index (χ1) is 5.09. The van der Waals surface area contributed by atoms with E-state index >= 15 is 0 Å². The standard InChI is InChI=1S/C6H10O2.CH2O2/c1-4-8-6(7)5(2)3;2-1-3/h2,4H2,1,3H3;1H,(H,2,3). The molecule has 0 aromatic heterocycles. The minimum Gasteiger partial charge on any atom is -0.483 e. The van der Waals surface area contributed by atoms with Crippen molar-refractivity contribution in [3.8, 4) is 0 Å². The number of hydrogen-bond acceptors (Lipinski definition) is 3. The molecule has 0 saturated carbocycles. The fraction of sp³-hybridized carbons (Fsp3) is 0.429. The van der Waals surface area contributed by atoms with Crippen molar-refractivity contribution < 1.29 is 19.4 Å². The third-order valence-corrected chi connectivity index (χ3v) is 0.624. The van der Waals surface area contributed by atoms with Crippen molar-refractivity contribution in [1.82, 2.24) is 0 Å². The highest BCUT2D eigenvalue weighted by molar-refractivity contribution is 5.86. The van der Waals surface area contributed by atoms with E-state index in [1.165, 1.54) is 0 Å². The zero-order valence-electron chi connectivity index (χ0n) is 6.66. The van der Waals surface area contributed by atoms with Gasteiger partial charge >= 0.3 is 5.97 Å². The van der Waals surface area contributed by atoms with Gasteiger partial charge in [0.25, 0.3) is 6.47 Å². The second kappa shape index (κ2) is 8.68. The van der Waals surface area contributed by atoms with E-state index < -0.39 is 0 Å². The molecular weight excluding hydrogens is 148 g/mol. The van der Waals surface area contributed by atoms with E-state index in [1.807, 2.05) is 0 Å². The lowest BCUT2D eigenvalue weighted by Crippen LogP contribution is -2.03. The fourth-order valence-corrected chi connectivity index (χ4v) is 0.254. The number of carboxylic acid groups (broad SMARTS) is 1. The van der Waals surface area contributed by atoms with Crippen LogP contribution in [0.15, 0.2) is 12.2 Å². The minimum absolute atomic E-state index is 0.250. The molecule has 0 aromatic rings. The van der Waals surface area contributed by atoms with Crippen LogP contribution in [0.3, 0.4) is 0 Å². The first-order valence-corrected chi connectivity index (χ1v) is 3.00. The van der Waals surface area contributed by atoms with Gasteiger partial charge in [-0.05, 0) is 13.8 Å². The highest BCUT2D eigenvalue weighted by Crippen LogP contribution is 1.89. The molecule has 64 valence electrons. The van der Waals surface area contributed by atoms with Crippen LogP contribution in [0, 0.1) is 0 Å². The van der Waals surface area contributed by atoms with Gasteiger partial charge in [-0.3, -0.25) is 4.79 Å². The van der Waals surface area contributed by atoms with E-state index in [2.05, 4.69) is 11.3 Å². The van der Waals surface area contributed by atoms with Crippen molar-refractivity contribution in [3.63, 3.8) is 0 Å². The van der Waals surface area contributed by atoms with Gasteiger partial charge in [0.2, 0.25) is 0 Å². The molecule has 0 saturated heterocycles. The molecule has 0 aliphatic carbocycles. The summed E-state index contributed by atoms with van der Waals surface area (Å²) in [7, 11) is 0. The summed E-state index contributed by atoms with van der Waals surface area (Å²) < 4.78 is 4.56. The number of rotatable bonds is 2. The maximum atomic E-state index is 10.4. The summed E-state index contributed by atoms with van der Waals surface area (Å²) in [4.78, 5) is 18.8. The first-order valence-electron chi connectivity index (χ1n) is 3.00. The molecule has 4 nitrogen and oxygen atoms in total. The van der Waals surface area contributed by atoms with E-state index in [9.17, 15) is 4.79 Å². The molecule has 0 spiro atoms. The van der Waals surface area contributed by atoms with Crippen LogP contribution < -0.4 is 0 Å². The zero-order valence-corrected chi connectivity index (χ0v) is 6.66. The lowest BCUT2D eigenvalue weighted by molar-refractivity contribution is -0.138. The van der Waals surface area contributed by atoms with Gasteiger partial charge in [-0.2, -0.15) is 0 Å². The van der Waals surface area contributed by atoms with Crippen LogP contribution in [0.5, 0.6) is 0 Å². The second-order valence-corrected chi connectivity index (χ2v) is 1.61. The molecule has 0 aliphatic rings. The Morgan fingerprint density at radius 2 is 2.09 bits per heavy atom. The maximum absolute atomic E-state index is 10.4. The summed E-state index contributed by atoms with van der Waals surface area (Å²) in [5.41, 5.74) is 0.451. The molecular formula is C7H12O4. The summed E-state index contributed by atoms with van der Waals surface area (Å²) in [5, 5.41) is 6.89. The Kier molecular flexibility index (Phi) is 9.76. The average molecular weight is 160 g/mol. The van der Waals surface area contributed by atoms with E-state index in [1.54, 1.807) is 13.8 Å². The number of ether oxygens (including phenoxy) is 1. The molecule has 0 aromatic carbocycles. The van der Waals surface area contributed by atoms with Crippen molar-refractivity contribution in [3.05, 3.63) is 12.2 Å². The summed E-state index contributed by atoms with van der Waals surface area (Å²) in [6.07, 6.45) is 0. The average Bonchev–Trinajstić information content (AvgIpc) is 1.90. The molecule has 0 rings (SSSR count). The second-order valence-electron chi connectivity index (χ2n) is 1.61. The number of carbonyl (C=O) groups is 2. The lowest BCUT2D eigenvalue weighted by Gasteiger charge is -1.96. The highest BCUT2D eigenvalue weighted by Gasteiger charge is 1.98. The fourth-order valence-electron chi connectivity index (χ4n) is 0.254. The van der Waals surface area contributed by atoms with Crippen LogP contribution in [0.1, 0.15) is 13.8 Å². The van der Waals surface area contributed by atoms with Gasteiger partial charge in [-0.1, -0.05) is 6.58 Å². The summed E-state index contributed by atoms with van der Waals surface area (Å²) in [6.45, 7) is 6.96. The van der Waals surface area contributed by atoms with Crippen LogP contribution in [0.4, 0.5) is 0 Å². The summed E-state index contributed by atoms with van der Waals surface area (Å²) >= 11 is 0. The predicted molar refractivity (Wildman–Crippen MR) is 40.1 cm³/mol. The quantitative estimate of drug-likeness (QED) is 0.369. The first kappa shape index (κ1) is 12.4. The van der Waals surface area contributed by atoms with Crippen LogP contribution >= 0.6 is 0 Å². The molecule has 0 bridgehead atoms. The highest BCUT2D eigenvalue weighted by atomic mass is 16.5. The van der Waals surface area contributed by atoms with Gasteiger partial charge < -0.3 is 9.84 Å². The molecule has 0 aliphatic heterocycles. The molecule has 4 heteroatoms. The van der Waals surface area contributed by atoms with E-state index in [4.69, 9.17) is 9.90 Å². The Bertz CT molecular complexity index is 139. The van der Waals surface area contributed by atoms with Crippen LogP contribution in [0.2, 0.25) is 0 Å². The summed E-state index contributed by atoms with van der Waals surface area (Å²) in [5.74, 6) is -0.312. The van der Waals surface area contributed by atoms with Crippen molar-refractivity contribution in [2.45, 2.75) is 13.8 Å². The Balaban J connectivity index is 0. The largest absolute Gasteiger partial charge is 0.483 e. The van der Waals surface area contributed by atoms with Gasteiger partial charge in [0, 0.05) is 5.57 Å². The molecule has 0 radical (unpaired) electrons. The van der Waals surface area contributed by atoms with Gasteiger partial charge in [0.15, 0.2) is 0 Å². The van der Waals surface area contributed by atoms with Crippen molar-refractivity contribution in [2.24, 2.45) is 0 Å². The molecule has 0 fully saturated rings. The van der Waals surface area contributed by atoms with E-state index in [0.29, 0.717) is 12.2 Å². The lowest BCUT2D eigenvalue weighted by atomic mass is 10.4. The van der Waals surface area contributed by atoms with Gasteiger partial charge in [0.1, 0.15) is 0 Å². The smallest absolute Gasteiger partial charge is 0.333 e. The normalized spacial score (nSPS) is 7.09. The molecule has 1 N–H and O–H groups in total. The SMILES string of the molecule is C=C(C)C(=O)OCC.O=CO. The van der Waals surface area contributed by atoms with E-state index in [-0.39, 0.29) is 12.4 Å². The molecule has 0 atom stereocenters. The number of hydrogen-bond donors (Lipinski definition) is 1. The maximum Gasteiger partial charge on any atom is 0.333 e. The van der Waals surface area contributed by atoms with E-state index in [0.717, 1.165) is 0 Å². The van der Waals surface area contributed by atoms with Crippen molar-refractivity contribution in [2.75, 3.05) is 6.61 Å². The van der Waals surface area contributed by atoms with Crippen molar-refractivity contribution >= 4 is 12.4 Å². The van der Waals surface area contributed by atoms with Crippen LogP contribution in [0.25, 0.3) is 0 Å². The molecule has 11 heavy (non-hydrogen) atoms. The van der Waals surface area contributed by atoms with Gasteiger partial charge in [-0.15, -0.1) is 0 Å². The monoisotopic (exact) mass is 160 g/mol. The summed E-state index contributed by atoms with van der Waals surface area (Å²) in [6, 6.07) is 0. The van der Waals surface area contributed by atoms with Crippen molar-refractivity contribution in [1.29, 1.82) is 0 Å². The predicted octanol–water partition coefficient (Wildman–Crippen LogP) is 0.826. The Labute approximate surface area is 65.5 Å². The number of carbonyl (C=O) groups excluding carboxylic acids is 1. The topological polar surface area (TPSA) is 63.6 Å². The number of esters is 1. The minimum atomic E-state index is -0.312. The Hall–Kier alpha value is -1.32. The van der Waals surface area contributed by atoms with Crippen LogP contribution in [-0.4, -0.2) is 24.2 Å². The Morgan fingerprint density at radius 3 is 2.18 bits per heavy atom. The molecule has 0 heterocycles. The van der Waals surface area contributed by atoms with Crippen LogP contribution in [-0.2, 0) is 14.3 Å². The van der Waals surface area contributed by atoms with Gasteiger partial charge in [-0.25, -0.2) is 4.79 Å². The third kappa shape index (κ3) is 12.0.